The van der Waals surface area contributed by atoms with E-state index >= 15 is 0 Å². The molecule has 1 aliphatic heterocycles. The van der Waals surface area contributed by atoms with Crippen molar-refractivity contribution in [3.63, 3.8) is 0 Å². The number of ether oxygens (including phenoxy) is 2. The molecule has 1 aliphatic carbocycles. The second kappa shape index (κ2) is 9.14. The molecule has 8 nitrogen and oxygen atoms in total. The predicted molar refractivity (Wildman–Crippen MR) is 119 cm³/mol. The summed E-state index contributed by atoms with van der Waals surface area (Å²) in [4.78, 5) is 16.9. The SMILES string of the molecule is CC[C@H](OCCOC)[C@]12C[C@H](C)C[C@H](C1)N2C(=O)Nc1ccc(Cl)c(-n2nccn2)c1. The number of hydrogen-bond donors (Lipinski definition) is 1. The highest BCUT2D eigenvalue weighted by molar-refractivity contribution is 6.32. The molecule has 31 heavy (non-hydrogen) atoms. The minimum atomic E-state index is -0.270. The molecular formula is C22H30ClN5O3. The van der Waals surface area contributed by atoms with Crippen molar-refractivity contribution < 1.29 is 14.3 Å². The van der Waals surface area contributed by atoms with Crippen LogP contribution in [0, 0.1) is 5.92 Å². The van der Waals surface area contributed by atoms with Crippen LogP contribution in [0.5, 0.6) is 0 Å². The van der Waals surface area contributed by atoms with Crippen molar-refractivity contribution in [3.05, 3.63) is 35.6 Å². The van der Waals surface area contributed by atoms with E-state index in [9.17, 15) is 4.79 Å². The third-order valence-electron chi connectivity index (χ3n) is 6.44. The summed E-state index contributed by atoms with van der Waals surface area (Å²) in [6.07, 6.45) is 6.96. The van der Waals surface area contributed by atoms with Gasteiger partial charge in [0.2, 0.25) is 0 Å². The number of carbonyl (C=O) groups excluding carboxylic acids is 1. The molecule has 0 unspecified atom stereocenters. The molecule has 1 saturated heterocycles. The van der Waals surface area contributed by atoms with Gasteiger partial charge in [-0.1, -0.05) is 25.4 Å². The van der Waals surface area contributed by atoms with Crippen LogP contribution in [0.2, 0.25) is 5.02 Å². The molecule has 1 N–H and O–H groups in total. The summed E-state index contributed by atoms with van der Waals surface area (Å²) >= 11 is 6.31. The highest BCUT2D eigenvalue weighted by Gasteiger charge is 2.61. The standard InChI is InChI=1S/C22H30ClN5O3/c1-4-20(31-10-9-30-3)22-13-15(2)11-17(14-22)27(22)21(29)26-16-5-6-18(23)19(12-16)28-24-7-8-25-28/h5-8,12,15,17,20H,4,9-11,13-14H2,1-3H3,(H,26,29)/t15-,17-,20+,22+/m1/s1. The van der Waals surface area contributed by atoms with Gasteiger partial charge in [0.05, 0.1) is 42.3 Å². The van der Waals surface area contributed by atoms with Crippen LogP contribution in [0.3, 0.4) is 0 Å². The topological polar surface area (TPSA) is 81.5 Å². The lowest BCUT2D eigenvalue weighted by molar-refractivity contribution is -0.173. The van der Waals surface area contributed by atoms with Crippen LogP contribution < -0.4 is 5.32 Å². The largest absolute Gasteiger partial charge is 0.382 e. The molecule has 0 radical (unpaired) electrons. The van der Waals surface area contributed by atoms with E-state index in [1.165, 1.54) is 4.80 Å². The lowest BCUT2D eigenvalue weighted by Crippen LogP contribution is -2.76. The van der Waals surface area contributed by atoms with Crippen molar-refractivity contribution in [2.75, 3.05) is 25.6 Å². The Morgan fingerprint density at radius 2 is 2.10 bits per heavy atom. The number of nitrogens with one attached hydrogen (secondary N) is 1. The molecule has 2 amide bonds. The quantitative estimate of drug-likeness (QED) is 0.615. The van der Waals surface area contributed by atoms with Gasteiger partial charge in [-0.3, -0.25) is 0 Å². The molecule has 2 bridgehead atoms. The number of methoxy groups -OCH3 is 1. The minimum absolute atomic E-state index is 0.0125. The van der Waals surface area contributed by atoms with E-state index in [1.807, 2.05) is 4.90 Å². The second-order valence-electron chi connectivity index (χ2n) is 8.55. The number of urea groups is 1. The Morgan fingerprint density at radius 3 is 2.81 bits per heavy atom. The molecule has 1 saturated carbocycles. The number of hydrogen-bond acceptors (Lipinski definition) is 5. The number of nitrogens with zero attached hydrogens (tertiary/aromatic N) is 4. The number of piperidine rings is 1. The molecule has 2 fully saturated rings. The molecule has 9 heteroatoms. The number of fused-ring (bicyclic) bond motifs is 2. The highest BCUT2D eigenvalue weighted by atomic mass is 35.5. The molecule has 2 aromatic rings. The van der Waals surface area contributed by atoms with Crippen molar-refractivity contribution in [2.24, 2.45) is 5.92 Å². The fraction of sp³-hybridized carbons (Fsp3) is 0.591. The molecule has 0 spiro atoms. The lowest BCUT2D eigenvalue weighted by atomic mass is 9.61. The average molecular weight is 448 g/mol. The fourth-order valence-electron chi connectivity index (χ4n) is 5.35. The zero-order valence-electron chi connectivity index (χ0n) is 18.3. The number of anilines is 1. The van der Waals surface area contributed by atoms with E-state index in [0.717, 1.165) is 25.7 Å². The van der Waals surface area contributed by atoms with Gasteiger partial charge < -0.3 is 19.7 Å². The Balaban J connectivity index is 1.54. The van der Waals surface area contributed by atoms with Crippen LogP contribution in [0.25, 0.3) is 5.69 Å². The Kier molecular flexibility index (Phi) is 6.50. The van der Waals surface area contributed by atoms with Crippen molar-refractivity contribution in [1.82, 2.24) is 19.9 Å². The summed E-state index contributed by atoms with van der Waals surface area (Å²) in [5, 5.41) is 11.9. The molecule has 4 atom stereocenters. The number of amides is 2. The monoisotopic (exact) mass is 447 g/mol. The van der Waals surface area contributed by atoms with E-state index in [0.29, 0.717) is 35.5 Å². The third-order valence-corrected chi connectivity index (χ3v) is 6.76. The summed E-state index contributed by atoms with van der Waals surface area (Å²) < 4.78 is 11.3. The normalized spacial score (nSPS) is 25.7. The molecule has 1 aromatic carbocycles. The van der Waals surface area contributed by atoms with E-state index < -0.39 is 0 Å². The van der Waals surface area contributed by atoms with Gasteiger partial charge in [-0.05, 0) is 49.8 Å². The second-order valence-corrected chi connectivity index (χ2v) is 8.96. The summed E-state index contributed by atoms with van der Waals surface area (Å²) in [6.45, 7) is 5.47. The molecule has 2 heterocycles. The first-order valence-corrected chi connectivity index (χ1v) is 11.2. The first-order valence-electron chi connectivity index (χ1n) is 10.9. The van der Waals surface area contributed by atoms with E-state index in [4.69, 9.17) is 21.1 Å². The van der Waals surface area contributed by atoms with Crippen LogP contribution in [0.4, 0.5) is 10.5 Å². The maximum Gasteiger partial charge on any atom is 0.322 e. The van der Waals surface area contributed by atoms with Crippen LogP contribution in [-0.4, -0.2) is 63.9 Å². The Labute approximate surface area is 187 Å². The number of carbonyl (C=O) groups is 1. The average Bonchev–Trinajstić information content (AvgIpc) is 3.26. The summed E-state index contributed by atoms with van der Waals surface area (Å²) in [6, 6.07) is 5.47. The van der Waals surface area contributed by atoms with Crippen molar-refractivity contribution >= 4 is 23.3 Å². The van der Waals surface area contributed by atoms with Gasteiger partial charge in [0, 0.05) is 18.8 Å². The summed E-state index contributed by atoms with van der Waals surface area (Å²) in [5.41, 5.74) is 1.00. The van der Waals surface area contributed by atoms with Gasteiger partial charge in [-0.25, -0.2) is 4.79 Å². The van der Waals surface area contributed by atoms with Gasteiger partial charge in [-0.15, -0.1) is 0 Å². The molecule has 4 rings (SSSR count). The predicted octanol–water partition coefficient (Wildman–Crippen LogP) is 4.14. The smallest absolute Gasteiger partial charge is 0.322 e. The molecular weight excluding hydrogens is 418 g/mol. The van der Waals surface area contributed by atoms with Gasteiger partial charge in [-0.2, -0.15) is 15.0 Å². The van der Waals surface area contributed by atoms with Crippen molar-refractivity contribution in [3.8, 4) is 5.69 Å². The minimum Gasteiger partial charge on any atom is -0.382 e. The summed E-state index contributed by atoms with van der Waals surface area (Å²) in [5.74, 6) is 0.566. The Morgan fingerprint density at radius 1 is 1.32 bits per heavy atom. The number of rotatable bonds is 8. The number of halogens is 1. The molecule has 168 valence electrons. The summed E-state index contributed by atoms with van der Waals surface area (Å²) in [7, 11) is 1.67. The maximum atomic E-state index is 13.4. The van der Waals surface area contributed by atoms with Crippen LogP contribution in [0.1, 0.15) is 39.5 Å². The highest BCUT2D eigenvalue weighted by Crippen LogP contribution is 2.53. The van der Waals surface area contributed by atoms with Gasteiger partial charge in [0.1, 0.15) is 5.69 Å². The Bertz CT molecular complexity index is 909. The molecule has 1 aromatic heterocycles. The molecule has 2 aliphatic rings. The van der Waals surface area contributed by atoms with Gasteiger partial charge in [0.25, 0.3) is 0 Å². The third kappa shape index (κ3) is 4.16. The van der Waals surface area contributed by atoms with Crippen molar-refractivity contribution in [1.29, 1.82) is 0 Å². The fourth-order valence-corrected chi connectivity index (χ4v) is 5.54. The van der Waals surface area contributed by atoms with E-state index in [-0.39, 0.29) is 23.7 Å². The van der Waals surface area contributed by atoms with E-state index in [2.05, 4.69) is 29.4 Å². The van der Waals surface area contributed by atoms with Crippen LogP contribution >= 0.6 is 11.6 Å². The Hall–Kier alpha value is -2.16. The number of likely N-dealkylation sites (tertiary alicyclic amines) is 1. The first-order chi connectivity index (χ1) is 15.0. The number of aromatic nitrogens is 3. The van der Waals surface area contributed by atoms with E-state index in [1.54, 1.807) is 37.7 Å². The number of benzene rings is 1. The first kappa shape index (κ1) is 22.0. The van der Waals surface area contributed by atoms with Crippen LogP contribution in [0.15, 0.2) is 30.6 Å². The lowest BCUT2D eigenvalue weighted by Gasteiger charge is -2.65. The zero-order valence-corrected chi connectivity index (χ0v) is 19.0. The van der Waals surface area contributed by atoms with Gasteiger partial charge >= 0.3 is 6.03 Å². The van der Waals surface area contributed by atoms with Crippen molar-refractivity contribution in [2.45, 2.75) is 57.2 Å². The zero-order chi connectivity index (χ0) is 22.0. The van der Waals surface area contributed by atoms with Gasteiger partial charge in [0.15, 0.2) is 0 Å². The van der Waals surface area contributed by atoms with Crippen LogP contribution in [-0.2, 0) is 9.47 Å². The maximum absolute atomic E-state index is 13.4.